The van der Waals surface area contributed by atoms with E-state index in [2.05, 4.69) is 20.8 Å². The van der Waals surface area contributed by atoms with Crippen LogP contribution in [-0.2, 0) is 0 Å². The van der Waals surface area contributed by atoms with Crippen LogP contribution in [0.25, 0.3) is 0 Å². The maximum Gasteiger partial charge on any atom is 0.000546 e. The first-order valence-electron chi connectivity index (χ1n) is 3.49. The van der Waals surface area contributed by atoms with Crippen LogP contribution in [0.15, 0.2) is 10.5 Å². The Kier molecular flexibility index (Phi) is 2.23. The first-order chi connectivity index (χ1) is 4.20. The molecule has 0 N–H and O–H groups in total. The number of hydrogen-bond acceptors (Lipinski definition) is 1. The maximum atomic E-state index is 2.32. The van der Waals surface area contributed by atoms with E-state index in [4.69, 9.17) is 0 Å². The van der Waals surface area contributed by atoms with Gasteiger partial charge in [-0.05, 0) is 31.1 Å². The standard InChI is InChI=1S/C8H14S/c1-6-4-7(2)8(3)9-5-6/h6H,4-5H2,1-3H3. The number of thioether (sulfide) groups is 1. The van der Waals surface area contributed by atoms with Crippen molar-refractivity contribution in [2.75, 3.05) is 5.75 Å². The molecule has 9 heavy (non-hydrogen) atoms. The van der Waals surface area contributed by atoms with E-state index in [0.29, 0.717) is 0 Å². The van der Waals surface area contributed by atoms with Crippen LogP contribution in [0.2, 0.25) is 0 Å². The lowest BCUT2D eigenvalue weighted by atomic mass is 10.0. The summed E-state index contributed by atoms with van der Waals surface area (Å²) >= 11 is 2.01. The quantitative estimate of drug-likeness (QED) is 0.501. The van der Waals surface area contributed by atoms with E-state index in [-0.39, 0.29) is 0 Å². The Morgan fingerprint density at radius 1 is 1.44 bits per heavy atom. The number of allylic oxidation sites excluding steroid dienone is 2. The third kappa shape index (κ3) is 1.75. The van der Waals surface area contributed by atoms with Gasteiger partial charge in [0.25, 0.3) is 0 Å². The molecule has 1 heteroatoms. The molecule has 0 amide bonds. The van der Waals surface area contributed by atoms with E-state index < -0.39 is 0 Å². The Balaban J connectivity index is 2.61. The van der Waals surface area contributed by atoms with Gasteiger partial charge < -0.3 is 0 Å². The molecular weight excluding hydrogens is 128 g/mol. The van der Waals surface area contributed by atoms with Crippen molar-refractivity contribution in [3.05, 3.63) is 10.5 Å². The Morgan fingerprint density at radius 2 is 2.11 bits per heavy atom. The van der Waals surface area contributed by atoms with Crippen molar-refractivity contribution in [1.29, 1.82) is 0 Å². The SMILES string of the molecule is CC1=C(C)SCC(C)C1. The fraction of sp³-hybridized carbons (Fsp3) is 0.750. The molecule has 1 heterocycles. The third-order valence-electron chi connectivity index (χ3n) is 1.84. The normalized spacial score (nSPS) is 29.0. The fourth-order valence-corrected chi connectivity index (χ4v) is 2.10. The highest BCUT2D eigenvalue weighted by Gasteiger charge is 2.11. The summed E-state index contributed by atoms with van der Waals surface area (Å²) in [5.41, 5.74) is 1.60. The molecule has 1 aliphatic rings. The molecule has 0 bridgehead atoms. The summed E-state index contributed by atoms with van der Waals surface area (Å²) in [4.78, 5) is 1.55. The summed E-state index contributed by atoms with van der Waals surface area (Å²) in [6.07, 6.45) is 1.32. The summed E-state index contributed by atoms with van der Waals surface area (Å²) in [7, 11) is 0. The van der Waals surface area contributed by atoms with Gasteiger partial charge in [-0.3, -0.25) is 0 Å². The lowest BCUT2D eigenvalue weighted by Gasteiger charge is -2.19. The first kappa shape index (κ1) is 7.20. The summed E-state index contributed by atoms with van der Waals surface area (Å²) in [5, 5.41) is 0. The van der Waals surface area contributed by atoms with Gasteiger partial charge in [0.15, 0.2) is 0 Å². The second-order valence-electron chi connectivity index (χ2n) is 2.96. The molecule has 0 spiro atoms. The number of hydrogen-bond donors (Lipinski definition) is 0. The van der Waals surface area contributed by atoms with Crippen LogP contribution < -0.4 is 0 Å². The second kappa shape index (κ2) is 2.78. The maximum absolute atomic E-state index is 2.32. The molecule has 0 fully saturated rings. The zero-order chi connectivity index (χ0) is 6.85. The Hall–Kier alpha value is 0.0900. The van der Waals surface area contributed by atoms with Crippen LogP contribution in [-0.4, -0.2) is 5.75 Å². The van der Waals surface area contributed by atoms with Gasteiger partial charge in [-0.25, -0.2) is 0 Å². The van der Waals surface area contributed by atoms with Crippen molar-refractivity contribution in [3.8, 4) is 0 Å². The average molecular weight is 142 g/mol. The van der Waals surface area contributed by atoms with Crippen molar-refractivity contribution in [2.24, 2.45) is 5.92 Å². The molecule has 0 aromatic carbocycles. The van der Waals surface area contributed by atoms with Crippen LogP contribution in [0.3, 0.4) is 0 Å². The first-order valence-corrected chi connectivity index (χ1v) is 4.48. The van der Waals surface area contributed by atoms with E-state index >= 15 is 0 Å². The van der Waals surface area contributed by atoms with Crippen LogP contribution in [0.1, 0.15) is 27.2 Å². The van der Waals surface area contributed by atoms with Crippen LogP contribution in [0, 0.1) is 5.92 Å². The van der Waals surface area contributed by atoms with Crippen LogP contribution in [0.4, 0.5) is 0 Å². The fourth-order valence-electron chi connectivity index (χ4n) is 1.12. The highest BCUT2D eigenvalue weighted by atomic mass is 32.2. The zero-order valence-electron chi connectivity index (χ0n) is 6.40. The molecule has 0 radical (unpaired) electrons. The van der Waals surface area contributed by atoms with Gasteiger partial charge >= 0.3 is 0 Å². The zero-order valence-corrected chi connectivity index (χ0v) is 7.22. The molecule has 0 saturated heterocycles. The van der Waals surface area contributed by atoms with E-state index in [1.165, 1.54) is 12.2 Å². The molecule has 0 aliphatic carbocycles. The van der Waals surface area contributed by atoms with Gasteiger partial charge in [-0.1, -0.05) is 12.5 Å². The smallest absolute Gasteiger partial charge is 0.000546 e. The van der Waals surface area contributed by atoms with E-state index in [0.717, 1.165) is 5.92 Å². The number of rotatable bonds is 0. The minimum absolute atomic E-state index is 0.902. The minimum atomic E-state index is 0.902. The van der Waals surface area contributed by atoms with Gasteiger partial charge in [0.1, 0.15) is 0 Å². The van der Waals surface area contributed by atoms with E-state index in [1.54, 1.807) is 10.5 Å². The summed E-state index contributed by atoms with van der Waals surface area (Å²) < 4.78 is 0. The van der Waals surface area contributed by atoms with Crippen LogP contribution in [0.5, 0.6) is 0 Å². The predicted molar refractivity (Wildman–Crippen MR) is 44.6 cm³/mol. The average Bonchev–Trinajstić information content (AvgIpc) is 1.80. The van der Waals surface area contributed by atoms with Crippen molar-refractivity contribution >= 4 is 11.8 Å². The molecule has 1 aliphatic heterocycles. The largest absolute Gasteiger partial charge is 0.131 e. The summed E-state index contributed by atoms with van der Waals surface area (Å²) in [5.74, 6) is 2.22. The van der Waals surface area contributed by atoms with E-state index in [9.17, 15) is 0 Å². The Bertz CT molecular complexity index is 136. The topological polar surface area (TPSA) is 0 Å². The molecule has 1 atom stereocenters. The minimum Gasteiger partial charge on any atom is -0.131 e. The van der Waals surface area contributed by atoms with Crippen molar-refractivity contribution in [1.82, 2.24) is 0 Å². The van der Waals surface area contributed by atoms with Gasteiger partial charge in [0.05, 0.1) is 0 Å². The molecule has 0 nitrogen and oxygen atoms in total. The van der Waals surface area contributed by atoms with Crippen LogP contribution >= 0.6 is 11.8 Å². The van der Waals surface area contributed by atoms with Gasteiger partial charge in [-0.2, -0.15) is 0 Å². The van der Waals surface area contributed by atoms with Crippen molar-refractivity contribution in [2.45, 2.75) is 27.2 Å². The van der Waals surface area contributed by atoms with Gasteiger partial charge in [-0.15, -0.1) is 11.8 Å². The molecule has 0 saturated carbocycles. The molecule has 1 rings (SSSR count). The Morgan fingerprint density at radius 3 is 2.56 bits per heavy atom. The highest BCUT2D eigenvalue weighted by molar-refractivity contribution is 8.03. The molecule has 52 valence electrons. The Labute approximate surface area is 61.7 Å². The monoisotopic (exact) mass is 142 g/mol. The molecular formula is C8H14S. The molecule has 1 unspecified atom stereocenters. The van der Waals surface area contributed by atoms with Crippen molar-refractivity contribution in [3.63, 3.8) is 0 Å². The summed E-state index contributed by atoms with van der Waals surface area (Å²) in [6, 6.07) is 0. The highest BCUT2D eigenvalue weighted by Crippen LogP contribution is 2.31. The van der Waals surface area contributed by atoms with E-state index in [1.807, 2.05) is 11.8 Å². The predicted octanol–water partition coefficient (Wildman–Crippen LogP) is 3.05. The van der Waals surface area contributed by atoms with Gasteiger partial charge in [0, 0.05) is 5.75 Å². The lowest BCUT2D eigenvalue weighted by Crippen LogP contribution is -2.04. The second-order valence-corrected chi connectivity index (χ2v) is 4.19. The van der Waals surface area contributed by atoms with Crippen molar-refractivity contribution < 1.29 is 0 Å². The third-order valence-corrected chi connectivity index (χ3v) is 3.36. The molecule has 0 aromatic rings. The van der Waals surface area contributed by atoms with Gasteiger partial charge in [0.2, 0.25) is 0 Å². The lowest BCUT2D eigenvalue weighted by molar-refractivity contribution is 0.645. The summed E-state index contributed by atoms with van der Waals surface area (Å²) in [6.45, 7) is 6.80. The molecule has 0 aromatic heterocycles.